The van der Waals surface area contributed by atoms with Gasteiger partial charge in [0.05, 0.1) is 0 Å². The highest BCUT2D eigenvalue weighted by Crippen LogP contribution is 1.92. The van der Waals surface area contributed by atoms with E-state index < -0.39 is 0 Å². The first kappa shape index (κ1) is 15.4. The van der Waals surface area contributed by atoms with E-state index in [1.54, 1.807) is 0 Å². The molecule has 4 heteroatoms. The third kappa shape index (κ3) is 6.80. The van der Waals surface area contributed by atoms with Crippen LogP contribution in [0.15, 0.2) is 0 Å². The molecule has 2 N–H and O–H groups in total. The molecule has 0 aromatic carbocycles. The van der Waals surface area contributed by atoms with Gasteiger partial charge in [-0.1, -0.05) is 27.7 Å². The minimum Gasteiger partial charge on any atom is -0.355 e. The zero-order valence-corrected chi connectivity index (χ0v) is 11.2. The summed E-state index contributed by atoms with van der Waals surface area (Å²) in [7, 11) is 0. The summed E-state index contributed by atoms with van der Waals surface area (Å²) in [6.07, 6.45) is 0. The Bertz CT molecular complexity index is 181. The largest absolute Gasteiger partial charge is 0.355 e. The first-order valence-corrected chi connectivity index (χ1v) is 6.36. The summed E-state index contributed by atoms with van der Waals surface area (Å²) in [5.74, 6) is 0.199. The Balaban J connectivity index is 3.63. The predicted octanol–water partition coefficient (Wildman–Crippen LogP) is 0.690. The summed E-state index contributed by atoms with van der Waals surface area (Å²) in [4.78, 5) is 13.9. The molecule has 1 atom stereocenters. The molecule has 0 rings (SSSR count). The monoisotopic (exact) mass is 229 g/mol. The summed E-state index contributed by atoms with van der Waals surface area (Å²) in [6.45, 7) is 13.7. The maximum absolute atomic E-state index is 11.6. The lowest BCUT2D eigenvalue weighted by molar-refractivity contribution is -0.124. The topological polar surface area (TPSA) is 44.4 Å². The molecule has 0 aliphatic carbocycles. The van der Waals surface area contributed by atoms with Crippen molar-refractivity contribution >= 4 is 5.91 Å². The Morgan fingerprint density at radius 3 is 2.38 bits per heavy atom. The van der Waals surface area contributed by atoms with Crippen molar-refractivity contribution in [2.24, 2.45) is 5.92 Å². The van der Waals surface area contributed by atoms with Gasteiger partial charge in [-0.25, -0.2) is 0 Å². The normalized spacial score (nSPS) is 12.8. The van der Waals surface area contributed by atoms with Crippen LogP contribution in [-0.4, -0.2) is 50.1 Å². The average Bonchev–Trinajstić information content (AvgIpc) is 2.31. The van der Waals surface area contributed by atoms with Crippen LogP contribution in [0.1, 0.15) is 27.7 Å². The number of amides is 1. The van der Waals surface area contributed by atoms with Crippen molar-refractivity contribution in [3.05, 3.63) is 0 Å². The van der Waals surface area contributed by atoms with Crippen LogP contribution in [0.25, 0.3) is 0 Å². The van der Waals surface area contributed by atoms with Crippen LogP contribution in [0.2, 0.25) is 0 Å². The second-order valence-electron chi connectivity index (χ2n) is 4.03. The Morgan fingerprint density at radius 2 is 1.88 bits per heavy atom. The molecule has 1 unspecified atom stereocenters. The van der Waals surface area contributed by atoms with Crippen molar-refractivity contribution in [2.75, 3.05) is 39.3 Å². The fraction of sp³-hybridized carbons (Fsp3) is 0.917. The average molecular weight is 229 g/mol. The Hall–Kier alpha value is -0.610. The Morgan fingerprint density at radius 1 is 1.25 bits per heavy atom. The van der Waals surface area contributed by atoms with Crippen LogP contribution in [0.5, 0.6) is 0 Å². The molecular weight excluding hydrogens is 202 g/mol. The first-order chi connectivity index (χ1) is 7.65. The van der Waals surface area contributed by atoms with Crippen molar-refractivity contribution in [1.82, 2.24) is 15.5 Å². The van der Waals surface area contributed by atoms with Crippen molar-refractivity contribution in [3.63, 3.8) is 0 Å². The molecule has 0 bridgehead atoms. The number of carbonyl (C=O) groups is 1. The third-order valence-electron chi connectivity index (χ3n) is 2.77. The molecule has 16 heavy (non-hydrogen) atoms. The Labute approximate surface area is 99.8 Å². The van der Waals surface area contributed by atoms with Gasteiger partial charge in [0.25, 0.3) is 0 Å². The molecule has 0 aromatic heterocycles. The van der Waals surface area contributed by atoms with Gasteiger partial charge in [0, 0.05) is 25.6 Å². The van der Waals surface area contributed by atoms with E-state index in [4.69, 9.17) is 0 Å². The molecule has 1 amide bonds. The van der Waals surface area contributed by atoms with Gasteiger partial charge in [0.2, 0.25) is 5.91 Å². The van der Waals surface area contributed by atoms with Gasteiger partial charge in [-0.3, -0.25) is 4.79 Å². The van der Waals surface area contributed by atoms with E-state index in [1.165, 1.54) is 0 Å². The third-order valence-corrected chi connectivity index (χ3v) is 2.77. The van der Waals surface area contributed by atoms with Gasteiger partial charge in [-0.2, -0.15) is 0 Å². The van der Waals surface area contributed by atoms with Gasteiger partial charge in [-0.05, 0) is 19.6 Å². The van der Waals surface area contributed by atoms with Crippen molar-refractivity contribution < 1.29 is 4.79 Å². The van der Waals surface area contributed by atoms with Gasteiger partial charge >= 0.3 is 0 Å². The fourth-order valence-corrected chi connectivity index (χ4v) is 1.50. The zero-order chi connectivity index (χ0) is 12.4. The van der Waals surface area contributed by atoms with E-state index >= 15 is 0 Å². The fourth-order valence-electron chi connectivity index (χ4n) is 1.50. The second-order valence-corrected chi connectivity index (χ2v) is 4.03. The quantitative estimate of drug-likeness (QED) is 0.611. The maximum Gasteiger partial charge on any atom is 0.224 e. The smallest absolute Gasteiger partial charge is 0.224 e. The highest BCUT2D eigenvalue weighted by Gasteiger charge is 2.11. The number of rotatable bonds is 9. The van der Waals surface area contributed by atoms with Crippen LogP contribution in [0.4, 0.5) is 0 Å². The number of nitrogens with one attached hydrogen (secondary N) is 2. The van der Waals surface area contributed by atoms with E-state index in [2.05, 4.69) is 29.4 Å². The van der Waals surface area contributed by atoms with E-state index in [9.17, 15) is 4.79 Å². The number of hydrogen-bond acceptors (Lipinski definition) is 3. The summed E-state index contributed by atoms with van der Waals surface area (Å²) >= 11 is 0. The highest BCUT2D eigenvalue weighted by molar-refractivity contribution is 5.78. The summed E-state index contributed by atoms with van der Waals surface area (Å²) < 4.78 is 0. The number of nitrogens with zero attached hydrogens (tertiary/aromatic N) is 1. The van der Waals surface area contributed by atoms with Crippen LogP contribution in [0.3, 0.4) is 0 Å². The van der Waals surface area contributed by atoms with Gasteiger partial charge in [-0.15, -0.1) is 0 Å². The second kappa shape index (κ2) is 9.60. The molecule has 4 nitrogen and oxygen atoms in total. The van der Waals surface area contributed by atoms with Crippen LogP contribution in [-0.2, 0) is 4.79 Å². The molecule has 0 fully saturated rings. The summed E-state index contributed by atoms with van der Waals surface area (Å²) in [5.41, 5.74) is 0. The standard InChI is InChI=1S/C12H27N3O/c1-5-13-10-11(4)12(16)14-8-9-15(6-2)7-3/h11,13H,5-10H2,1-4H3,(H,14,16). The van der Waals surface area contributed by atoms with Crippen LogP contribution in [0, 0.1) is 5.92 Å². The van der Waals surface area contributed by atoms with Gasteiger partial charge < -0.3 is 15.5 Å². The molecule has 0 spiro atoms. The van der Waals surface area contributed by atoms with E-state index in [-0.39, 0.29) is 11.8 Å². The lowest BCUT2D eigenvalue weighted by Crippen LogP contribution is -2.39. The molecule has 0 aliphatic rings. The molecule has 0 saturated heterocycles. The minimum atomic E-state index is 0.0525. The van der Waals surface area contributed by atoms with Crippen molar-refractivity contribution in [1.29, 1.82) is 0 Å². The molecule has 0 aliphatic heterocycles. The Kier molecular flexibility index (Phi) is 9.24. The zero-order valence-electron chi connectivity index (χ0n) is 11.2. The lowest BCUT2D eigenvalue weighted by atomic mass is 10.1. The number of carbonyl (C=O) groups excluding carboxylic acids is 1. The highest BCUT2D eigenvalue weighted by atomic mass is 16.1. The van der Waals surface area contributed by atoms with Crippen molar-refractivity contribution in [3.8, 4) is 0 Å². The van der Waals surface area contributed by atoms with Crippen LogP contribution < -0.4 is 10.6 Å². The molecule has 96 valence electrons. The SMILES string of the molecule is CCNCC(C)C(=O)NCCN(CC)CC. The minimum absolute atomic E-state index is 0.0525. The number of hydrogen-bond donors (Lipinski definition) is 2. The number of likely N-dealkylation sites (N-methyl/N-ethyl adjacent to an activating group) is 1. The summed E-state index contributed by atoms with van der Waals surface area (Å²) in [6, 6.07) is 0. The van der Waals surface area contributed by atoms with Crippen molar-refractivity contribution in [2.45, 2.75) is 27.7 Å². The van der Waals surface area contributed by atoms with E-state index in [0.29, 0.717) is 0 Å². The lowest BCUT2D eigenvalue weighted by Gasteiger charge is -2.19. The predicted molar refractivity (Wildman–Crippen MR) is 68.5 cm³/mol. The molecular formula is C12H27N3O. The molecule has 0 saturated carbocycles. The molecule has 0 aromatic rings. The van der Waals surface area contributed by atoms with Crippen LogP contribution >= 0.6 is 0 Å². The molecule has 0 heterocycles. The maximum atomic E-state index is 11.6. The van der Waals surface area contributed by atoms with Gasteiger partial charge in [0.15, 0.2) is 0 Å². The van der Waals surface area contributed by atoms with Gasteiger partial charge in [0.1, 0.15) is 0 Å². The first-order valence-electron chi connectivity index (χ1n) is 6.36. The molecule has 0 radical (unpaired) electrons. The summed E-state index contributed by atoms with van der Waals surface area (Å²) in [5, 5.41) is 6.15. The van der Waals surface area contributed by atoms with E-state index in [1.807, 2.05) is 13.8 Å². The van der Waals surface area contributed by atoms with E-state index in [0.717, 1.165) is 39.3 Å².